The molecule has 3 heteroatoms. The molecule has 5 rings (SSSR count). The first-order valence-corrected chi connectivity index (χ1v) is 14.3. The second-order valence-electron chi connectivity index (χ2n) is 14.6. The van der Waals surface area contributed by atoms with Gasteiger partial charge in [0.2, 0.25) is 0 Å². The molecule has 34 heavy (non-hydrogen) atoms. The highest BCUT2D eigenvalue weighted by atomic mass is 16.4. The average molecular weight is 469 g/mol. The van der Waals surface area contributed by atoms with E-state index in [1.54, 1.807) is 0 Å². The van der Waals surface area contributed by atoms with Crippen molar-refractivity contribution in [3.05, 3.63) is 11.6 Å². The van der Waals surface area contributed by atoms with Gasteiger partial charge in [-0.3, -0.25) is 9.59 Å². The second-order valence-corrected chi connectivity index (χ2v) is 14.6. The summed E-state index contributed by atoms with van der Waals surface area (Å²) in [6, 6.07) is 0. The van der Waals surface area contributed by atoms with Crippen LogP contribution in [0.1, 0.15) is 106 Å². The standard InChI is InChI=1S/C31H48O3/c1-18-8-11-28(4)14-15-30(6)23(26(28)19(18)2)17-24(32)27-29(5)12-9-21(16-25(33)34)20(3)22(29)10-13-31(27,30)7/h17-22,26-27H,8-16H2,1-7H3,(H,33,34)/t18-,19+,20-,21?,22?,26?,27?,28-,29+,30-,31-/m1/s1. The highest BCUT2D eigenvalue weighted by Crippen LogP contribution is 2.74. The monoisotopic (exact) mass is 468 g/mol. The Morgan fingerprint density at radius 3 is 2.32 bits per heavy atom. The van der Waals surface area contributed by atoms with Gasteiger partial charge >= 0.3 is 5.97 Å². The first kappa shape index (κ1) is 24.6. The van der Waals surface area contributed by atoms with Gasteiger partial charge in [-0.15, -0.1) is 0 Å². The maximum atomic E-state index is 14.3. The summed E-state index contributed by atoms with van der Waals surface area (Å²) in [5.74, 6) is 2.77. The van der Waals surface area contributed by atoms with Crippen LogP contribution in [0.25, 0.3) is 0 Å². The topological polar surface area (TPSA) is 54.4 Å². The van der Waals surface area contributed by atoms with Gasteiger partial charge in [-0.2, -0.15) is 0 Å². The molecule has 190 valence electrons. The van der Waals surface area contributed by atoms with Crippen LogP contribution in [0.3, 0.4) is 0 Å². The summed E-state index contributed by atoms with van der Waals surface area (Å²) >= 11 is 0. The molecule has 11 atom stereocenters. The van der Waals surface area contributed by atoms with E-state index >= 15 is 0 Å². The van der Waals surface area contributed by atoms with Crippen molar-refractivity contribution < 1.29 is 14.7 Å². The number of hydrogen-bond acceptors (Lipinski definition) is 2. The Morgan fingerprint density at radius 1 is 0.941 bits per heavy atom. The molecule has 5 aliphatic carbocycles. The molecule has 0 heterocycles. The van der Waals surface area contributed by atoms with Crippen molar-refractivity contribution in [3.63, 3.8) is 0 Å². The second kappa shape index (κ2) is 7.69. The SMILES string of the molecule is C[C@@H]1C(CC(=O)O)CC[C@@]2(C)C1CC[C@]1(C)C2C(=O)C=C2C3[C@@H](C)[C@H](C)CC[C@]3(C)CC[C@]21C. The highest BCUT2D eigenvalue weighted by Gasteiger charge is 2.68. The molecule has 4 unspecified atom stereocenters. The van der Waals surface area contributed by atoms with Crippen molar-refractivity contribution >= 4 is 11.8 Å². The summed E-state index contributed by atoms with van der Waals surface area (Å²) in [6.07, 6.45) is 11.8. The Labute approximate surface area is 207 Å². The number of carbonyl (C=O) groups excluding carboxylic acids is 1. The average Bonchev–Trinajstić information content (AvgIpc) is 2.74. The van der Waals surface area contributed by atoms with Crippen LogP contribution >= 0.6 is 0 Å². The summed E-state index contributed by atoms with van der Waals surface area (Å²) in [5, 5.41) is 9.47. The van der Waals surface area contributed by atoms with Crippen LogP contribution in [0.15, 0.2) is 11.6 Å². The molecule has 0 aliphatic heterocycles. The largest absolute Gasteiger partial charge is 0.481 e. The minimum atomic E-state index is -0.670. The van der Waals surface area contributed by atoms with Gasteiger partial charge in [-0.05, 0) is 115 Å². The molecular weight excluding hydrogens is 420 g/mol. The molecule has 0 aromatic heterocycles. The molecule has 0 saturated heterocycles. The number of rotatable bonds is 2. The summed E-state index contributed by atoms with van der Waals surface area (Å²) < 4.78 is 0. The van der Waals surface area contributed by atoms with E-state index in [4.69, 9.17) is 0 Å². The Morgan fingerprint density at radius 2 is 1.65 bits per heavy atom. The fourth-order valence-corrected chi connectivity index (χ4v) is 10.9. The minimum absolute atomic E-state index is 0.000503. The van der Waals surface area contributed by atoms with Crippen molar-refractivity contribution in [3.8, 4) is 0 Å². The van der Waals surface area contributed by atoms with Crippen molar-refractivity contribution in [2.45, 2.75) is 106 Å². The third-order valence-corrected chi connectivity index (χ3v) is 13.3. The first-order valence-electron chi connectivity index (χ1n) is 14.3. The van der Waals surface area contributed by atoms with Crippen LogP contribution in [0.2, 0.25) is 0 Å². The highest BCUT2D eigenvalue weighted by molar-refractivity contribution is 5.95. The Hall–Kier alpha value is -1.12. The first-order chi connectivity index (χ1) is 15.8. The molecule has 0 aromatic carbocycles. The van der Waals surface area contributed by atoms with E-state index in [1.165, 1.54) is 31.3 Å². The van der Waals surface area contributed by atoms with E-state index in [2.05, 4.69) is 54.5 Å². The van der Waals surface area contributed by atoms with Crippen molar-refractivity contribution in [2.24, 2.45) is 63.1 Å². The lowest BCUT2D eigenvalue weighted by Gasteiger charge is -2.70. The van der Waals surface area contributed by atoms with Crippen LogP contribution in [-0.2, 0) is 9.59 Å². The molecule has 0 spiro atoms. The predicted molar refractivity (Wildman–Crippen MR) is 136 cm³/mol. The fourth-order valence-electron chi connectivity index (χ4n) is 10.9. The van der Waals surface area contributed by atoms with Crippen LogP contribution < -0.4 is 0 Å². The van der Waals surface area contributed by atoms with Gasteiger partial charge < -0.3 is 5.11 Å². The molecule has 0 amide bonds. The number of hydrogen-bond donors (Lipinski definition) is 1. The predicted octanol–water partition coefficient (Wildman–Crippen LogP) is 7.54. The molecular formula is C31H48O3. The number of ketones is 1. The van der Waals surface area contributed by atoms with Crippen LogP contribution in [-0.4, -0.2) is 16.9 Å². The van der Waals surface area contributed by atoms with E-state index in [-0.39, 0.29) is 34.5 Å². The van der Waals surface area contributed by atoms with E-state index in [1.807, 2.05) is 0 Å². The zero-order chi connectivity index (χ0) is 24.8. The lowest BCUT2D eigenvalue weighted by molar-refractivity contribution is -0.182. The smallest absolute Gasteiger partial charge is 0.303 e. The number of allylic oxidation sites excluding steroid dienone is 2. The Balaban J connectivity index is 1.57. The lowest BCUT2D eigenvalue weighted by Crippen LogP contribution is -2.65. The van der Waals surface area contributed by atoms with E-state index in [9.17, 15) is 14.7 Å². The minimum Gasteiger partial charge on any atom is -0.481 e. The van der Waals surface area contributed by atoms with Gasteiger partial charge in [0.25, 0.3) is 0 Å². The van der Waals surface area contributed by atoms with Gasteiger partial charge in [0.15, 0.2) is 5.78 Å². The number of aliphatic carboxylic acids is 1. The van der Waals surface area contributed by atoms with E-state index in [0.29, 0.717) is 34.9 Å². The van der Waals surface area contributed by atoms with Crippen molar-refractivity contribution in [1.29, 1.82) is 0 Å². The number of carbonyl (C=O) groups is 2. The van der Waals surface area contributed by atoms with Crippen molar-refractivity contribution in [2.75, 3.05) is 0 Å². The molecule has 5 aliphatic rings. The lowest BCUT2D eigenvalue weighted by atomic mass is 9.34. The molecule has 4 fully saturated rings. The summed E-state index contributed by atoms with van der Waals surface area (Å²) in [4.78, 5) is 25.8. The number of carboxylic acids is 1. The van der Waals surface area contributed by atoms with Gasteiger partial charge in [0.05, 0.1) is 0 Å². The molecule has 0 bridgehead atoms. The third kappa shape index (κ3) is 3.06. The van der Waals surface area contributed by atoms with Crippen LogP contribution in [0, 0.1) is 63.1 Å². The quantitative estimate of drug-likeness (QED) is 0.455. The molecule has 3 nitrogen and oxygen atoms in total. The maximum absolute atomic E-state index is 14.3. The van der Waals surface area contributed by atoms with Gasteiger partial charge in [0.1, 0.15) is 0 Å². The number of carboxylic acid groups (broad SMARTS) is 1. The van der Waals surface area contributed by atoms with Crippen molar-refractivity contribution in [1.82, 2.24) is 0 Å². The summed E-state index contributed by atoms with van der Waals surface area (Å²) in [6.45, 7) is 17.1. The van der Waals surface area contributed by atoms with Crippen LogP contribution in [0.4, 0.5) is 0 Å². The molecule has 4 saturated carbocycles. The molecule has 0 aromatic rings. The van der Waals surface area contributed by atoms with E-state index in [0.717, 1.165) is 31.6 Å². The zero-order valence-corrected chi connectivity index (χ0v) is 22.7. The van der Waals surface area contributed by atoms with Crippen LogP contribution in [0.5, 0.6) is 0 Å². The molecule has 0 radical (unpaired) electrons. The zero-order valence-electron chi connectivity index (χ0n) is 22.7. The Kier molecular flexibility index (Phi) is 5.56. The van der Waals surface area contributed by atoms with Gasteiger partial charge in [-0.25, -0.2) is 0 Å². The van der Waals surface area contributed by atoms with Gasteiger partial charge in [-0.1, -0.05) is 54.0 Å². The maximum Gasteiger partial charge on any atom is 0.303 e. The number of fused-ring (bicyclic) bond motifs is 7. The fraction of sp³-hybridized carbons (Fsp3) is 0.871. The van der Waals surface area contributed by atoms with E-state index < -0.39 is 5.97 Å². The third-order valence-electron chi connectivity index (χ3n) is 13.3. The normalized spacial score (nSPS) is 54.7. The molecule has 1 N–H and O–H groups in total. The summed E-state index contributed by atoms with van der Waals surface area (Å²) in [7, 11) is 0. The Bertz CT molecular complexity index is 920. The van der Waals surface area contributed by atoms with Gasteiger partial charge in [0, 0.05) is 12.3 Å². The summed E-state index contributed by atoms with van der Waals surface area (Å²) in [5.41, 5.74) is 1.93.